The molecule has 0 aliphatic heterocycles. The standard InChI is InChI=1S/C22H22F3NO/c1-26(2)20(17-9-5-10-18(15-17)22(23,24)25)13-14-27-21-12-6-8-16-7-3-4-11-19(16)21/h3-12,15,20H,13-14H2,1-2H3. The molecule has 0 bridgehead atoms. The van der Waals surface area contributed by atoms with Crippen LogP contribution in [-0.2, 0) is 6.18 Å². The van der Waals surface area contributed by atoms with E-state index in [-0.39, 0.29) is 6.04 Å². The summed E-state index contributed by atoms with van der Waals surface area (Å²) in [5.74, 6) is 0.787. The molecule has 142 valence electrons. The lowest BCUT2D eigenvalue weighted by molar-refractivity contribution is -0.137. The first-order valence-electron chi connectivity index (χ1n) is 8.80. The first-order valence-corrected chi connectivity index (χ1v) is 8.80. The van der Waals surface area contributed by atoms with E-state index in [0.29, 0.717) is 18.6 Å². The molecule has 3 aromatic carbocycles. The van der Waals surface area contributed by atoms with E-state index in [1.54, 1.807) is 6.07 Å². The molecule has 3 aromatic rings. The molecule has 0 heterocycles. The number of hydrogen-bond donors (Lipinski definition) is 0. The molecule has 0 N–H and O–H groups in total. The van der Waals surface area contributed by atoms with Gasteiger partial charge in [-0.2, -0.15) is 13.2 Å². The van der Waals surface area contributed by atoms with Crippen molar-refractivity contribution < 1.29 is 17.9 Å². The first-order chi connectivity index (χ1) is 12.9. The lowest BCUT2D eigenvalue weighted by Crippen LogP contribution is -2.22. The van der Waals surface area contributed by atoms with Gasteiger partial charge >= 0.3 is 6.18 Å². The highest BCUT2D eigenvalue weighted by atomic mass is 19.4. The third-order valence-electron chi connectivity index (χ3n) is 4.62. The number of benzene rings is 3. The lowest BCUT2D eigenvalue weighted by Gasteiger charge is -2.25. The Morgan fingerprint density at radius 2 is 1.63 bits per heavy atom. The minimum Gasteiger partial charge on any atom is -0.493 e. The van der Waals surface area contributed by atoms with Crippen LogP contribution in [0.5, 0.6) is 5.75 Å². The largest absolute Gasteiger partial charge is 0.493 e. The van der Waals surface area contributed by atoms with Gasteiger partial charge in [0.05, 0.1) is 12.2 Å². The van der Waals surface area contributed by atoms with Crippen molar-refractivity contribution in [2.24, 2.45) is 0 Å². The minimum absolute atomic E-state index is 0.165. The van der Waals surface area contributed by atoms with Crippen LogP contribution in [0.4, 0.5) is 13.2 Å². The zero-order valence-corrected chi connectivity index (χ0v) is 15.3. The third kappa shape index (κ3) is 4.61. The van der Waals surface area contributed by atoms with Gasteiger partial charge in [-0.05, 0) is 43.2 Å². The van der Waals surface area contributed by atoms with Crippen molar-refractivity contribution in [1.82, 2.24) is 4.90 Å². The fraction of sp³-hybridized carbons (Fsp3) is 0.273. The van der Waals surface area contributed by atoms with Gasteiger partial charge in [-0.15, -0.1) is 0 Å². The van der Waals surface area contributed by atoms with Crippen molar-refractivity contribution in [2.45, 2.75) is 18.6 Å². The molecule has 0 radical (unpaired) electrons. The van der Waals surface area contributed by atoms with E-state index < -0.39 is 11.7 Å². The Balaban J connectivity index is 1.74. The van der Waals surface area contributed by atoms with E-state index in [0.717, 1.165) is 22.6 Å². The molecule has 27 heavy (non-hydrogen) atoms. The predicted molar refractivity (Wildman–Crippen MR) is 102 cm³/mol. The van der Waals surface area contributed by atoms with Gasteiger partial charge in [0.2, 0.25) is 0 Å². The Hall–Kier alpha value is -2.53. The number of halogens is 3. The summed E-state index contributed by atoms with van der Waals surface area (Å²) in [5.41, 5.74) is 0.0122. The van der Waals surface area contributed by atoms with Crippen molar-refractivity contribution in [3.8, 4) is 5.75 Å². The maximum absolute atomic E-state index is 13.0. The Kier molecular flexibility index (Phi) is 5.71. The van der Waals surface area contributed by atoms with Crippen molar-refractivity contribution in [3.05, 3.63) is 77.9 Å². The van der Waals surface area contributed by atoms with Gasteiger partial charge in [0.15, 0.2) is 0 Å². The van der Waals surface area contributed by atoms with E-state index >= 15 is 0 Å². The Morgan fingerprint density at radius 3 is 2.37 bits per heavy atom. The molecular weight excluding hydrogens is 351 g/mol. The Bertz CT molecular complexity index is 900. The number of fused-ring (bicyclic) bond motifs is 1. The molecular formula is C22H22F3NO. The highest BCUT2D eigenvalue weighted by molar-refractivity contribution is 5.88. The normalized spacial score (nSPS) is 13.1. The van der Waals surface area contributed by atoms with Gasteiger partial charge in [0, 0.05) is 17.8 Å². The number of ether oxygens (including phenoxy) is 1. The molecule has 0 saturated carbocycles. The molecule has 0 amide bonds. The Morgan fingerprint density at radius 1 is 0.926 bits per heavy atom. The van der Waals surface area contributed by atoms with E-state index in [1.807, 2.05) is 61.5 Å². The number of nitrogens with zero attached hydrogens (tertiary/aromatic N) is 1. The van der Waals surface area contributed by atoms with Crippen LogP contribution in [0.2, 0.25) is 0 Å². The van der Waals surface area contributed by atoms with Crippen LogP contribution in [0, 0.1) is 0 Å². The van der Waals surface area contributed by atoms with Gasteiger partial charge in [-0.1, -0.05) is 48.5 Å². The maximum Gasteiger partial charge on any atom is 0.416 e. The van der Waals surface area contributed by atoms with Crippen LogP contribution in [0.25, 0.3) is 10.8 Å². The van der Waals surface area contributed by atoms with Crippen molar-refractivity contribution >= 4 is 10.8 Å². The SMILES string of the molecule is CN(C)C(CCOc1cccc2ccccc12)c1cccc(C(F)(F)F)c1. The summed E-state index contributed by atoms with van der Waals surface area (Å²) in [7, 11) is 3.73. The second-order valence-electron chi connectivity index (χ2n) is 6.72. The van der Waals surface area contributed by atoms with Gasteiger partial charge in [-0.25, -0.2) is 0 Å². The second-order valence-corrected chi connectivity index (χ2v) is 6.72. The van der Waals surface area contributed by atoms with Crippen molar-refractivity contribution in [3.63, 3.8) is 0 Å². The monoisotopic (exact) mass is 373 g/mol. The highest BCUT2D eigenvalue weighted by Gasteiger charge is 2.31. The quantitative estimate of drug-likeness (QED) is 0.531. The van der Waals surface area contributed by atoms with Crippen LogP contribution >= 0.6 is 0 Å². The summed E-state index contributed by atoms with van der Waals surface area (Å²) in [4.78, 5) is 1.92. The maximum atomic E-state index is 13.0. The summed E-state index contributed by atoms with van der Waals surface area (Å²) in [5, 5.41) is 2.12. The zero-order valence-electron chi connectivity index (χ0n) is 15.3. The van der Waals surface area contributed by atoms with Gasteiger partial charge in [0.25, 0.3) is 0 Å². The summed E-state index contributed by atoms with van der Waals surface area (Å²) >= 11 is 0. The molecule has 0 aliphatic carbocycles. The van der Waals surface area contributed by atoms with Crippen LogP contribution in [0.3, 0.4) is 0 Å². The molecule has 0 spiro atoms. The van der Waals surface area contributed by atoms with Crippen LogP contribution < -0.4 is 4.74 Å². The van der Waals surface area contributed by atoms with E-state index in [1.165, 1.54) is 12.1 Å². The topological polar surface area (TPSA) is 12.5 Å². The Labute approximate surface area is 157 Å². The van der Waals surface area contributed by atoms with E-state index in [4.69, 9.17) is 4.74 Å². The highest BCUT2D eigenvalue weighted by Crippen LogP contribution is 2.32. The van der Waals surface area contributed by atoms with Gasteiger partial charge in [0.1, 0.15) is 5.75 Å². The fourth-order valence-corrected chi connectivity index (χ4v) is 3.25. The molecule has 3 rings (SSSR count). The molecule has 5 heteroatoms. The fourth-order valence-electron chi connectivity index (χ4n) is 3.25. The zero-order chi connectivity index (χ0) is 19.4. The molecule has 1 unspecified atom stereocenters. The smallest absolute Gasteiger partial charge is 0.416 e. The van der Waals surface area contributed by atoms with E-state index in [2.05, 4.69) is 0 Å². The molecule has 0 fully saturated rings. The van der Waals surface area contributed by atoms with E-state index in [9.17, 15) is 13.2 Å². The lowest BCUT2D eigenvalue weighted by atomic mass is 10.0. The average Bonchev–Trinajstić information content (AvgIpc) is 2.64. The van der Waals surface area contributed by atoms with Crippen molar-refractivity contribution in [2.75, 3.05) is 20.7 Å². The number of rotatable bonds is 6. The summed E-state index contributed by atoms with van der Waals surface area (Å²) in [6.07, 6.45) is -3.76. The van der Waals surface area contributed by atoms with Crippen LogP contribution in [0.15, 0.2) is 66.7 Å². The molecule has 2 nitrogen and oxygen atoms in total. The third-order valence-corrected chi connectivity index (χ3v) is 4.62. The van der Waals surface area contributed by atoms with Crippen LogP contribution in [-0.4, -0.2) is 25.6 Å². The van der Waals surface area contributed by atoms with Crippen LogP contribution in [0.1, 0.15) is 23.6 Å². The van der Waals surface area contributed by atoms with Gasteiger partial charge < -0.3 is 9.64 Å². The second kappa shape index (κ2) is 8.01. The summed E-state index contributed by atoms with van der Waals surface area (Å²) in [6, 6.07) is 19.2. The summed E-state index contributed by atoms with van der Waals surface area (Å²) < 4.78 is 45.0. The van der Waals surface area contributed by atoms with Crippen molar-refractivity contribution in [1.29, 1.82) is 0 Å². The minimum atomic E-state index is -4.34. The molecule has 0 saturated heterocycles. The first kappa shape index (κ1) is 19.2. The number of alkyl halides is 3. The average molecular weight is 373 g/mol. The van der Waals surface area contributed by atoms with Gasteiger partial charge in [-0.3, -0.25) is 0 Å². The molecule has 0 aromatic heterocycles. The molecule has 1 atom stereocenters. The number of hydrogen-bond acceptors (Lipinski definition) is 2. The molecule has 0 aliphatic rings. The predicted octanol–water partition coefficient (Wildman–Crippen LogP) is 5.93. The summed E-state index contributed by atoms with van der Waals surface area (Å²) in [6.45, 7) is 0.410.